The molecular weight excluding hydrogens is 508 g/mol. The van der Waals surface area contributed by atoms with Crippen LogP contribution in [0.5, 0.6) is 0 Å². The van der Waals surface area contributed by atoms with Crippen molar-refractivity contribution >= 4 is 11.4 Å². The Bertz CT molecular complexity index is 1100. The van der Waals surface area contributed by atoms with Crippen molar-refractivity contribution in [3.05, 3.63) is 71.4 Å². The van der Waals surface area contributed by atoms with Gasteiger partial charge in [0, 0.05) is 30.8 Å². The second-order valence-electron chi connectivity index (χ2n) is 10.9. The molecule has 224 valence electrons. The summed E-state index contributed by atoms with van der Waals surface area (Å²) in [6.45, 7) is 19.0. The van der Waals surface area contributed by atoms with Gasteiger partial charge in [-0.05, 0) is 73.4 Å². The van der Waals surface area contributed by atoms with Gasteiger partial charge < -0.3 is 20.1 Å². The van der Waals surface area contributed by atoms with E-state index in [0.29, 0.717) is 44.9 Å². The van der Waals surface area contributed by atoms with Gasteiger partial charge in [0.1, 0.15) is 0 Å². The van der Waals surface area contributed by atoms with Gasteiger partial charge in [-0.1, -0.05) is 77.3 Å². The SMILES string of the molecule is C=C(CCCc1ccc(/N=N/c2cc(CC)ccc2CCCOCCOCCNC(C)C)cc1)NCC#CC(C)C. The van der Waals surface area contributed by atoms with E-state index >= 15 is 0 Å². The zero-order valence-corrected chi connectivity index (χ0v) is 26.1. The van der Waals surface area contributed by atoms with Crippen molar-refractivity contribution < 1.29 is 9.47 Å². The molecule has 2 aromatic rings. The molecule has 0 aliphatic carbocycles. The minimum absolute atomic E-state index is 0.403. The van der Waals surface area contributed by atoms with Gasteiger partial charge in [0.15, 0.2) is 0 Å². The third kappa shape index (κ3) is 16.2. The van der Waals surface area contributed by atoms with Crippen LogP contribution in [0.25, 0.3) is 0 Å². The Morgan fingerprint density at radius 1 is 0.878 bits per heavy atom. The number of benzene rings is 2. The van der Waals surface area contributed by atoms with E-state index in [2.05, 4.69) is 104 Å². The lowest BCUT2D eigenvalue weighted by Gasteiger charge is -2.10. The van der Waals surface area contributed by atoms with Gasteiger partial charge in [-0.2, -0.15) is 10.2 Å². The van der Waals surface area contributed by atoms with Crippen molar-refractivity contribution in [3.63, 3.8) is 0 Å². The lowest BCUT2D eigenvalue weighted by atomic mass is 10.0. The molecule has 0 bridgehead atoms. The molecule has 0 amide bonds. The average Bonchev–Trinajstić information content (AvgIpc) is 2.96. The third-order valence-corrected chi connectivity index (χ3v) is 6.43. The molecule has 0 fully saturated rings. The van der Waals surface area contributed by atoms with Crippen LogP contribution < -0.4 is 10.6 Å². The van der Waals surface area contributed by atoms with Gasteiger partial charge >= 0.3 is 0 Å². The first-order chi connectivity index (χ1) is 19.9. The number of nitrogens with zero attached hydrogens (tertiary/aromatic N) is 2. The molecule has 2 N–H and O–H groups in total. The fourth-order valence-corrected chi connectivity index (χ4v) is 4.10. The summed E-state index contributed by atoms with van der Waals surface area (Å²) < 4.78 is 11.4. The van der Waals surface area contributed by atoms with E-state index in [1.165, 1.54) is 16.7 Å². The maximum atomic E-state index is 5.77. The highest BCUT2D eigenvalue weighted by Crippen LogP contribution is 2.26. The largest absolute Gasteiger partial charge is 0.379 e. The molecule has 0 saturated carbocycles. The maximum Gasteiger partial charge on any atom is 0.0891 e. The molecule has 0 spiro atoms. The van der Waals surface area contributed by atoms with Crippen LogP contribution in [0.4, 0.5) is 11.4 Å². The molecule has 41 heavy (non-hydrogen) atoms. The van der Waals surface area contributed by atoms with Gasteiger partial charge in [0.2, 0.25) is 0 Å². The van der Waals surface area contributed by atoms with Crippen LogP contribution in [0.3, 0.4) is 0 Å². The zero-order valence-electron chi connectivity index (χ0n) is 26.1. The average molecular weight is 561 g/mol. The lowest BCUT2D eigenvalue weighted by Crippen LogP contribution is -2.27. The molecule has 0 aromatic heterocycles. The van der Waals surface area contributed by atoms with E-state index in [1.807, 2.05) is 12.1 Å². The third-order valence-electron chi connectivity index (χ3n) is 6.43. The minimum Gasteiger partial charge on any atom is -0.379 e. The predicted molar refractivity (Wildman–Crippen MR) is 172 cm³/mol. The maximum absolute atomic E-state index is 5.77. The Balaban J connectivity index is 1.76. The van der Waals surface area contributed by atoms with Gasteiger partial charge in [0.25, 0.3) is 0 Å². The Hall–Kier alpha value is -2.98. The van der Waals surface area contributed by atoms with Crippen LogP contribution in [0.15, 0.2) is 65.0 Å². The van der Waals surface area contributed by atoms with E-state index in [4.69, 9.17) is 9.47 Å². The molecule has 0 aliphatic rings. The summed E-state index contributed by atoms with van der Waals surface area (Å²) in [5.41, 5.74) is 6.61. The molecule has 0 atom stereocenters. The standard InChI is InChI=1S/C35H52N4O2/c1-7-31-15-18-33(14-10-23-40-25-26-41-24-22-36-29(4)5)35(27-31)39-38-34-19-16-32(17-20-34)13-8-12-30(6)37-21-9-11-28(2)3/h15-20,27-29,36-37H,6-8,10,12-14,21-26H2,1-5H3/b39-38+. The van der Waals surface area contributed by atoms with Crippen LogP contribution in [-0.2, 0) is 28.7 Å². The normalized spacial score (nSPS) is 11.3. The van der Waals surface area contributed by atoms with E-state index in [1.54, 1.807) is 0 Å². The number of rotatable bonds is 20. The Morgan fingerprint density at radius 3 is 2.32 bits per heavy atom. The molecule has 0 saturated heterocycles. The van der Waals surface area contributed by atoms with Crippen LogP contribution in [-0.4, -0.2) is 45.6 Å². The molecule has 6 heteroatoms. The first-order valence-corrected chi connectivity index (χ1v) is 15.3. The summed E-state index contributed by atoms with van der Waals surface area (Å²) >= 11 is 0. The summed E-state index contributed by atoms with van der Waals surface area (Å²) in [5, 5.41) is 15.8. The number of nitrogens with one attached hydrogen (secondary N) is 2. The molecular formula is C35H52N4O2. The number of hydrogen-bond acceptors (Lipinski definition) is 6. The highest BCUT2D eigenvalue weighted by atomic mass is 16.5. The molecule has 2 rings (SSSR count). The second kappa shape index (κ2) is 20.8. The van der Waals surface area contributed by atoms with Gasteiger partial charge in [-0.25, -0.2) is 0 Å². The van der Waals surface area contributed by atoms with Crippen molar-refractivity contribution in [1.29, 1.82) is 0 Å². The topological polar surface area (TPSA) is 67.2 Å². The van der Waals surface area contributed by atoms with Gasteiger partial charge in [-0.3, -0.25) is 0 Å². The van der Waals surface area contributed by atoms with E-state index in [0.717, 1.165) is 62.1 Å². The fourth-order valence-electron chi connectivity index (χ4n) is 4.10. The molecule has 2 aromatic carbocycles. The van der Waals surface area contributed by atoms with Crippen LogP contribution >= 0.6 is 0 Å². The van der Waals surface area contributed by atoms with Crippen LogP contribution in [0.1, 0.15) is 70.6 Å². The summed E-state index contributed by atoms with van der Waals surface area (Å²) in [4.78, 5) is 0. The lowest BCUT2D eigenvalue weighted by molar-refractivity contribution is 0.0476. The number of hydrogen-bond donors (Lipinski definition) is 2. The fraction of sp³-hybridized carbons (Fsp3) is 0.543. The Kier molecular flexibility index (Phi) is 17.4. The van der Waals surface area contributed by atoms with Crippen molar-refractivity contribution in [2.75, 3.05) is 39.5 Å². The van der Waals surface area contributed by atoms with E-state index in [9.17, 15) is 0 Å². The predicted octanol–water partition coefficient (Wildman–Crippen LogP) is 7.71. The van der Waals surface area contributed by atoms with Crippen molar-refractivity contribution in [1.82, 2.24) is 10.6 Å². The van der Waals surface area contributed by atoms with Crippen LogP contribution in [0, 0.1) is 17.8 Å². The second-order valence-corrected chi connectivity index (χ2v) is 10.9. The molecule has 0 aliphatic heterocycles. The number of ether oxygens (including phenoxy) is 2. The Morgan fingerprint density at radius 2 is 1.61 bits per heavy atom. The number of aryl methyl sites for hydroxylation is 3. The molecule has 0 radical (unpaired) electrons. The number of azo groups is 1. The number of allylic oxidation sites excluding steroid dienone is 1. The van der Waals surface area contributed by atoms with E-state index in [-0.39, 0.29) is 0 Å². The van der Waals surface area contributed by atoms with Crippen LogP contribution in [0.2, 0.25) is 0 Å². The summed E-state index contributed by atoms with van der Waals surface area (Å²) in [6, 6.07) is 15.4. The first-order valence-electron chi connectivity index (χ1n) is 15.3. The molecule has 0 heterocycles. The summed E-state index contributed by atoms with van der Waals surface area (Å²) in [6.07, 6.45) is 5.80. The van der Waals surface area contributed by atoms with E-state index < -0.39 is 0 Å². The first kappa shape index (κ1) is 34.2. The van der Waals surface area contributed by atoms with Gasteiger partial charge in [0.05, 0.1) is 37.7 Å². The zero-order chi connectivity index (χ0) is 29.7. The molecule has 0 unspecified atom stereocenters. The van der Waals surface area contributed by atoms with Gasteiger partial charge in [-0.15, -0.1) is 0 Å². The highest BCUT2D eigenvalue weighted by molar-refractivity contribution is 5.49. The minimum atomic E-state index is 0.403. The smallest absolute Gasteiger partial charge is 0.0891 e. The van der Waals surface area contributed by atoms with Crippen molar-refractivity contribution in [2.45, 2.75) is 79.2 Å². The highest BCUT2D eigenvalue weighted by Gasteiger charge is 2.05. The summed E-state index contributed by atoms with van der Waals surface area (Å²) in [5.74, 6) is 6.70. The quantitative estimate of drug-likeness (QED) is 0.0989. The monoisotopic (exact) mass is 560 g/mol. The Labute approximate surface area is 249 Å². The van der Waals surface area contributed by atoms with Crippen molar-refractivity contribution in [2.24, 2.45) is 16.1 Å². The van der Waals surface area contributed by atoms with Crippen molar-refractivity contribution in [3.8, 4) is 11.8 Å². The summed E-state index contributed by atoms with van der Waals surface area (Å²) in [7, 11) is 0. The molecule has 6 nitrogen and oxygen atoms in total.